The molecule has 0 saturated heterocycles. The summed E-state index contributed by atoms with van der Waals surface area (Å²) in [6, 6.07) is 3.44. The van der Waals surface area contributed by atoms with Gasteiger partial charge in [-0.1, -0.05) is 30.6 Å². The number of aliphatic hydroxyl groups excluding tert-OH is 1. The SMILES string of the molecule is CC(C)CC(O)Cc1nc(-c2ccc(Cl)cn2)no1. The van der Waals surface area contributed by atoms with Gasteiger partial charge in [0.05, 0.1) is 17.5 Å². The van der Waals surface area contributed by atoms with Crippen LogP contribution in [0.1, 0.15) is 26.2 Å². The molecule has 102 valence electrons. The van der Waals surface area contributed by atoms with Crippen LogP contribution in [-0.4, -0.2) is 26.3 Å². The van der Waals surface area contributed by atoms with E-state index in [0.29, 0.717) is 41.2 Å². The van der Waals surface area contributed by atoms with Crippen LogP contribution in [0.5, 0.6) is 0 Å². The molecule has 2 rings (SSSR count). The van der Waals surface area contributed by atoms with Crippen LogP contribution in [0.4, 0.5) is 0 Å². The normalized spacial score (nSPS) is 12.9. The summed E-state index contributed by atoms with van der Waals surface area (Å²) in [5.41, 5.74) is 0.595. The number of rotatable bonds is 5. The molecule has 2 aromatic heterocycles. The van der Waals surface area contributed by atoms with Gasteiger partial charge in [-0.15, -0.1) is 0 Å². The van der Waals surface area contributed by atoms with Crippen molar-refractivity contribution in [3.8, 4) is 11.5 Å². The Bertz CT molecular complexity index is 525. The molecule has 5 nitrogen and oxygen atoms in total. The highest BCUT2D eigenvalue weighted by Gasteiger charge is 2.14. The van der Waals surface area contributed by atoms with Gasteiger partial charge in [-0.05, 0) is 24.5 Å². The molecule has 0 saturated carbocycles. The van der Waals surface area contributed by atoms with Crippen LogP contribution in [0.15, 0.2) is 22.9 Å². The van der Waals surface area contributed by atoms with E-state index in [9.17, 15) is 5.11 Å². The molecule has 0 spiro atoms. The maximum absolute atomic E-state index is 9.83. The quantitative estimate of drug-likeness (QED) is 0.912. The zero-order valence-corrected chi connectivity index (χ0v) is 11.6. The van der Waals surface area contributed by atoms with Gasteiger partial charge in [0.25, 0.3) is 0 Å². The zero-order chi connectivity index (χ0) is 13.8. The molecule has 0 fully saturated rings. The smallest absolute Gasteiger partial charge is 0.229 e. The fourth-order valence-corrected chi connectivity index (χ4v) is 1.89. The van der Waals surface area contributed by atoms with Gasteiger partial charge in [0, 0.05) is 6.20 Å². The van der Waals surface area contributed by atoms with Crippen molar-refractivity contribution in [3.63, 3.8) is 0 Å². The van der Waals surface area contributed by atoms with Crippen LogP contribution < -0.4 is 0 Å². The zero-order valence-electron chi connectivity index (χ0n) is 10.9. The first-order valence-electron chi connectivity index (χ1n) is 6.17. The first-order chi connectivity index (χ1) is 9.04. The van der Waals surface area contributed by atoms with Crippen LogP contribution in [0.2, 0.25) is 5.02 Å². The molecular weight excluding hydrogens is 266 g/mol. The average molecular weight is 282 g/mol. The van der Waals surface area contributed by atoms with Crippen molar-refractivity contribution >= 4 is 11.6 Å². The highest BCUT2D eigenvalue weighted by molar-refractivity contribution is 6.30. The predicted octanol–water partition coefficient (Wildman–Crippen LogP) is 2.73. The molecule has 0 amide bonds. The number of aliphatic hydroxyl groups is 1. The van der Waals surface area contributed by atoms with E-state index < -0.39 is 6.10 Å². The van der Waals surface area contributed by atoms with E-state index in [-0.39, 0.29) is 0 Å². The molecule has 1 N–H and O–H groups in total. The van der Waals surface area contributed by atoms with Gasteiger partial charge in [-0.25, -0.2) is 0 Å². The van der Waals surface area contributed by atoms with E-state index in [1.807, 2.05) is 0 Å². The van der Waals surface area contributed by atoms with Crippen molar-refractivity contribution in [2.24, 2.45) is 5.92 Å². The number of aromatic nitrogens is 3. The molecule has 0 radical (unpaired) electrons. The van der Waals surface area contributed by atoms with Crippen molar-refractivity contribution in [2.45, 2.75) is 32.8 Å². The topological polar surface area (TPSA) is 72.0 Å². The lowest BCUT2D eigenvalue weighted by molar-refractivity contribution is 0.138. The van der Waals surface area contributed by atoms with E-state index in [2.05, 4.69) is 29.0 Å². The van der Waals surface area contributed by atoms with Crippen LogP contribution in [0, 0.1) is 5.92 Å². The average Bonchev–Trinajstić information content (AvgIpc) is 2.77. The lowest BCUT2D eigenvalue weighted by atomic mass is 10.0. The van der Waals surface area contributed by atoms with Crippen molar-refractivity contribution in [1.29, 1.82) is 0 Å². The second-order valence-corrected chi connectivity index (χ2v) is 5.30. The van der Waals surface area contributed by atoms with Crippen molar-refractivity contribution in [3.05, 3.63) is 29.2 Å². The summed E-state index contributed by atoms with van der Waals surface area (Å²) in [4.78, 5) is 8.32. The molecule has 0 aromatic carbocycles. The number of pyridine rings is 1. The van der Waals surface area contributed by atoms with Gasteiger partial charge >= 0.3 is 0 Å². The van der Waals surface area contributed by atoms with Crippen molar-refractivity contribution in [2.75, 3.05) is 0 Å². The Morgan fingerprint density at radius 2 is 2.16 bits per heavy atom. The van der Waals surface area contributed by atoms with E-state index in [4.69, 9.17) is 16.1 Å². The van der Waals surface area contributed by atoms with Crippen molar-refractivity contribution in [1.82, 2.24) is 15.1 Å². The molecule has 6 heteroatoms. The molecule has 1 unspecified atom stereocenters. The van der Waals surface area contributed by atoms with Gasteiger partial charge in [0.1, 0.15) is 5.69 Å². The molecule has 1 atom stereocenters. The summed E-state index contributed by atoms with van der Waals surface area (Å²) >= 11 is 5.76. The third kappa shape index (κ3) is 4.01. The molecule has 0 aliphatic carbocycles. The third-order valence-electron chi connectivity index (χ3n) is 2.58. The Labute approximate surface area is 116 Å². The molecular formula is C13H16ClN3O2. The monoisotopic (exact) mass is 281 g/mol. The van der Waals surface area contributed by atoms with E-state index in [0.717, 1.165) is 0 Å². The second-order valence-electron chi connectivity index (χ2n) is 4.86. The molecule has 0 aliphatic rings. The number of nitrogens with zero attached hydrogens (tertiary/aromatic N) is 3. The Morgan fingerprint density at radius 1 is 1.37 bits per heavy atom. The minimum absolute atomic E-state index is 0.360. The maximum atomic E-state index is 9.83. The predicted molar refractivity (Wildman–Crippen MR) is 71.7 cm³/mol. The summed E-state index contributed by atoms with van der Waals surface area (Å²) < 4.78 is 5.11. The first kappa shape index (κ1) is 14.0. The maximum Gasteiger partial charge on any atom is 0.229 e. The van der Waals surface area contributed by atoms with E-state index in [1.54, 1.807) is 12.1 Å². The highest BCUT2D eigenvalue weighted by Crippen LogP contribution is 2.17. The summed E-state index contributed by atoms with van der Waals surface area (Å²) in [6.45, 7) is 4.11. The molecule has 2 heterocycles. The number of hydrogen-bond donors (Lipinski definition) is 1. The number of hydrogen-bond acceptors (Lipinski definition) is 5. The van der Waals surface area contributed by atoms with Crippen LogP contribution >= 0.6 is 11.6 Å². The molecule has 0 bridgehead atoms. The fraction of sp³-hybridized carbons (Fsp3) is 0.462. The summed E-state index contributed by atoms with van der Waals surface area (Å²) in [6.07, 6.45) is 2.13. The van der Waals surface area contributed by atoms with Crippen LogP contribution in [0.25, 0.3) is 11.5 Å². The summed E-state index contributed by atoms with van der Waals surface area (Å²) in [5, 5.41) is 14.2. The van der Waals surface area contributed by atoms with Gasteiger partial charge in [-0.2, -0.15) is 4.98 Å². The van der Waals surface area contributed by atoms with Crippen molar-refractivity contribution < 1.29 is 9.63 Å². The second kappa shape index (κ2) is 6.12. The van der Waals surface area contributed by atoms with E-state index in [1.165, 1.54) is 6.20 Å². The van der Waals surface area contributed by atoms with Gasteiger partial charge < -0.3 is 9.63 Å². The van der Waals surface area contributed by atoms with E-state index >= 15 is 0 Å². The Morgan fingerprint density at radius 3 is 2.79 bits per heavy atom. The lowest BCUT2D eigenvalue weighted by Crippen LogP contribution is -2.13. The lowest BCUT2D eigenvalue weighted by Gasteiger charge is -2.09. The third-order valence-corrected chi connectivity index (χ3v) is 2.80. The standard InChI is InChI=1S/C13H16ClN3O2/c1-8(2)5-10(18)6-12-16-13(17-19-12)11-4-3-9(14)7-15-11/h3-4,7-8,10,18H,5-6H2,1-2H3. The number of halogens is 1. The minimum Gasteiger partial charge on any atom is -0.393 e. The fourth-order valence-electron chi connectivity index (χ4n) is 1.78. The largest absolute Gasteiger partial charge is 0.393 e. The van der Waals surface area contributed by atoms with Gasteiger partial charge in [0.2, 0.25) is 11.7 Å². The summed E-state index contributed by atoms with van der Waals surface area (Å²) in [7, 11) is 0. The minimum atomic E-state index is -0.466. The Balaban J connectivity index is 2.04. The highest BCUT2D eigenvalue weighted by atomic mass is 35.5. The Hall–Kier alpha value is -1.46. The van der Waals surface area contributed by atoms with Crippen LogP contribution in [-0.2, 0) is 6.42 Å². The molecule has 2 aromatic rings. The Kier molecular flexibility index (Phi) is 4.50. The summed E-state index contributed by atoms with van der Waals surface area (Å²) in [5.74, 6) is 1.25. The van der Waals surface area contributed by atoms with Gasteiger partial charge in [-0.3, -0.25) is 4.98 Å². The molecule has 19 heavy (non-hydrogen) atoms. The van der Waals surface area contributed by atoms with Crippen LogP contribution in [0.3, 0.4) is 0 Å². The first-order valence-corrected chi connectivity index (χ1v) is 6.55. The molecule has 0 aliphatic heterocycles. The van der Waals surface area contributed by atoms with Gasteiger partial charge in [0.15, 0.2) is 0 Å².